The molecule has 90 valence electrons. The minimum absolute atomic E-state index is 0.0333. The number of amides is 1. The average molecular weight is 234 g/mol. The van der Waals surface area contributed by atoms with E-state index in [9.17, 15) is 4.79 Å². The summed E-state index contributed by atoms with van der Waals surface area (Å²) in [7, 11) is 0. The second-order valence-corrected chi connectivity index (χ2v) is 4.30. The smallest absolute Gasteiger partial charge is 0.257 e. The van der Waals surface area contributed by atoms with Crippen LogP contribution in [0.5, 0.6) is 11.5 Å². The summed E-state index contributed by atoms with van der Waals surface area (Å²) in [4.78, 5) is 13.9. The lowest BCUT2D eigenvalue weighted by Crippen LogP contribution is -2.57. The maximum Gasteiger partial charge on any atom is 0.257 e. The fraction of sp³-hybridized carbons (Fsp3) is 0.417. The van der Waals surface area contributed by atoms with Gasteiger partial charge >= 0.3 is 0 Å². The van der Waals surface area contributed by atoms with Crippen molar-refractivity contribution < 1.29 is 14.3 Å². The van der Waals surface area contributed by atoms with Gasteiger partial charge in [0.2, 0.25) is 0 Å². The lowest BCUT2D eigenvalue weighted by molar-refractivity contribution is 0.0598. The molecule has 0 aliphatic carbocycles. The Morgan fingerprint density at radius 2 is 2.06 bits per heavy atom. The van der Waals surface area contributed by atoms with Crippen molar-refractivity contribution in [2.75, 3.05) is 26.3 Å². The van der Waals surface area contributed by atoms with Gasteiger partial charge in [-0.1, -0.05) is 6.07 Å². The first-order chi connectivity index (χ1) is 8.25. The molecule has 2 aliphatic heterocycles. The van der Waals surface area contributed by atoms with E-state index < -0.39 is 0 Å². The molecule has 3 rings (SSSR count). The van der Waals surface area contributed by atoms with Gasteiger partial charge in [0.1, 0.15) is 13.2 Å². The molecule has 1 aromatic rings. The van der Waals surface area contributed by atoms with Crippen LogP contribution in [0.4, 0.5) is 0 Å². The Morgan fingerprint density at radius 3 is 2.82 bits per heavy atom. The fourth-order valence-corrected chi connectivity index (χ4v) is 2.09. The maximum atomic E-state index is 12.2. The summed E-state index contributed by atoms with van der Waals surface area (Å²) in [5.74, 6) is 1.17. The number of likely N-dealkylation sites (tertiary alicyclic amines) is 1. The van der Waals surface area contributed by atoms with E-state index in [1.165, 1.54) is 0 Å². The molecule has 17 heavy (non-hydrogen) atoms. The van der Waals surface area contributed by atoms with Crippen LogP contribution in [-0.2, 0) is 0 Å². The lowest BCUT2D eigenvalue weighted by Gasteiger charge is -2.37. The number of para-hydroxylation sites is 1. The topological polar surface area (TPSA) is 64.8 Å². The lowest BCUT2D eigenvalue weighted by atomic mass is 10.1. The van der Waals surface area contributed by atoms with Crippen molar-refractivity contribution in [3.8, 4) is 11.5 Å². The largest absolute Gasteiger partial charge is 0.486 e. The van der Waals surface area contributed by atoms with Crippen LogP contribution in [0.3, 0.4) is 0 Å². The number of carbonyl (C=O) groups excluding carboxylic acids is 1. The SMILES string of the molecule is NC1CN(C(=O)c2cccc3c2OCCO3)C1. The van der Waals surface area contributed by atoms with E-state index in [4.69, 9.17) is 15.2 Å². The quantitative estimate of drug-likeness (QED) is 0.756. The van der Waals surface area contributed by atoms with Gasteiger partial charge in [0, 0.05) is 19.1 Å². The molecule has 0 aromatic heterocycles. The van der Waals surface area contributed by atoms with Crippen LogP contribution >= 0.6 is 0 Å². The number of nitrogens with two attached hydrogens (primary N) is 1. The van der Waals surface area contributed by atoms with Crippen LogP contribution < -0.4 is 15.2 Å². The number of nitrogens with zero attached hydrogens (tertiary/aromatic N) is 1. The zero-order valence-electron chi connectivity index (χ0n) is 9.39. The van der Waals surface area contributed by atoms with Crippen molar-refractivity contribution in [3.63, 3.8) is 0 Å². The highest BCUT2D eigenvalue weighted by molar-refractivity contribution is 5.98. The third kappa shape index (κ3) is 1.72. The molecule has 0 spiro atoms. The molecule has 2 N–H and O–H groups in total. The molecule has 0 unspecified atom stereocenters. The van der Waals surface area contributed by atoms with Gasteiger partial charge < -0.3 is 20.1 Å². The van der Waals surface area contributed by atoms with Gasteiger partial charge in [-0.3, -0.25) is 4.79 Å². The molecule has 0 bridgehead atoms. The highest BCUT2D eigenvalue weighted by Gasteiger charge is 2.31. The predicted molar refractivity (Wildman–Crippen MR) is 61.3 cm³/mol. The molecule has 1 amide bonds. The Labute approximate surface area is 99.1 Å². The Balaban J connectivity index is 1.89. The van der Waals surface area contributed by atoms with Gasteiger partial charge in [-0.2, -0.15) is 0 Å². The van der Waals surface area contributed by atoms with Crippen molar-refractivity contribution in [2.45, 2.75) is 6.04 Å². The van der Waals surface area contributed by atoms with Gasteiger partial charge in [-0.05, 0) is 12.1 Å². The number of rotatable bonds is 1. The van der Waals surface area contributed by atoms with Gasteiger partial charge in [-0.15, -0.1) is 0 Å². The van der Waals surface area contributed by atoms with Crippen LogP contribution in [0.2, 0.25) is 0 Å². The van der Waals surface area contributed by atoms with Gasteiger partial charge in [-0.25, -0.2) is 0 Å². The monoisotopic (exact) mass is 234 g/mol. The van der Waals surface area contributed by atoms with Gasteiger partial charge in [0.15, 0.2) is 11.5 Å². The van der Waals surface area contributed by atoms with Crippen molar-refractivity contribution in [1.29, 1.82) is 0 Å². The molecule has 1 aromatic carbocycles. The Morgan fingerprint density at radius 1 is 1.29 bits per heavy atom. The summed E-state index contributed by atoms with van der Waals surface area (Å²) in [6.45, 7) is 2.24. The molecular weight excluding hydrogens is 220 g/mol. The summed E-state index contributed by atoms with van der Waals surface area (Å²) >= 11 is 0. The number of hydrogen-bond donors (Lipinski definition) is 1. The van der Waals surface area contributed by atoms with Crippen LogP contribution in [0, 0.1) is 0 Å². The Bertz CT molecular complexity index is 455. The van der Waals surface area contributed by atoms with E-state index in [-0.39, 0.29) is 11.9 Å². The van der Waals surface area contributed by atoms with E-state index in [1.807, 2.05) is 6.07 Å². The Hall–Kier alpha value is -1.75. The minimum atomic E-state index is -0.0333. The van der Waals surface area contributed by atoms with Gasteiger partial charge in [0.25, 0.3) is 5.91 Å². The molecule has 2 aliphatic rings. The summed E-state index contributed by atoms with van der Waals surface area (Å²) in [5, 5.41) is 0. The zero-order chi connectivity index (χ0) is 11.8. The zero-order valence-corrected chi connectivity index (χ0v) is 9.39. The molecule has 1 fully saturated rings. The van der Waals surface area contributed by atoms with E-state index >= 15 is 0 Å². The van der Waals surface area contributed by atoms with Crippen LogP contribution in [0.15, 0.2) is 18.2 Å². The summed E-state index contributed by atoms with van der Waals surface area (Å²) in [5.41, 5.74) is 6.24. The van der Waals surface area contributed by atoms with Crippen molar-refractivity contribution in [2.24, 2.45) is 5.73 Å². The van der Waals surface area contributed by atoms with E-state index in [2.05, 4.69) is 0 Å². The second-order valence-electron chi connectivity index (χ2n) is 4.30. The highest BCUT2D eigenvalue weighted by Crippen LogP contribution is 2.34. The standard InChI is InChI=1S/C12H14N2O3/c13-8-6-14(7-8)12(15)9-2-1-3-10-11(9)17-5-4-16-10/h1-3,8H,4-7,13H2. The number of benzene rings is 1. The molecular formula is C12H14N2O3. The first kappa shape index (κ1) is 10.4. The third-order valence-corrected chi connectivity index (χ3v) is 2.99. The molecule has 0 saturated carbocycles. The normalized spacial score (nSPS) is 18.8. The number of hydrogen-bond acceptors (Lipinski definition) is 4. The molecule has 5 nitrogen and oxygen atoms in total. The summed E-state index contributed by atoms with van der Waals surface area (Å²) in [6.07, 6.45) is 0. The maximum absolute atomic E-state index is 12.2. The molecule has 2 heterocycles. The van der Waals surface area contributed by atoms with E-state index in [0.717, 1.165) is 0 Å². The molecule has 0 atom stereocenters. The number of ether oxygens (including phenoxy) is 2. The molecule has 5 heteroatoms. The Kier molecular flexibility index (Phi) is 2.40. The fourth-order valence-electron chi connectivity index (χ4n) is 2.09. The van der Waals surface area contributed by atoms with E-state index in [0.29, 0.717) is 43.4 Å². The van der Waals surface area contributed by atoms with Crippen LogP contribution in [0.25, 0.3) is 0 Å². The average Bonchev–Trinajstić information content (AvgIpc) is 2.33. The number of carbonyl (C=O) groups is 1. The molecule has 0 radical (unpaired) electrons. The highest BCUT2D eigenvalue weighted by atomic mass is 16.6. The summed E-state index contributed by atoms with van der Waals surface area (Å²) < 4.78 is 11.0. The first-order valence-corrected chi connectivity index (χ1v) is 5.69. The number of fused-ring (bicyclic) bond motifs is 1. The van der Waals surface area contributed by atoms with Crippen molar-refractivity contribution in [3.05, 3.63) is 23.8 Å². The molecule has 1 saturated heterocycles. The third-order valence-electron chi connectivity index (χ3n) is 2.99. The van der Waals surface area contributed by atoms with Crippen LogP contribution in [-0.4, -0.2) is 43.2 Å². The van der Waals surface area contributed by atoms with Crippen molar-refractivity contribution in [1.82, 2.24) is 4.90 Å². The first-order valence-electron chi connectivity index (χ1n) is 5.69. The summed E-state index contributed by atoms with van der Waals surface area (Å²) in [6, 6.07) is 5.49. The van der Waals surface area contributed by atoms with Crippen molar-refractivity contribution >= 4 is 5.91 Å². The van der Waals surface area contributed by atoms with Gasteiger partial charge in [0.05, 0.1) is 5.56 Å². The second kappa shape index (κ2) is 3.92. The van der Waals surface area contributed by atoms with E-state index in [1.54, 1.807) is 17.0 Å². The minimum Gasteiger partial charge on any atom is -0.486 e. The predicted octanol–water partition coefficient (Wildman–Crippen LogP) is 0.241. The van der Waals surface area contributed by atoms with Crippen LogP contribution in [0.1, 0.15) is 10.4 Å².